The Morgan fingerprint density at radius 2 is 1.94 bits per heavy atom. The van der Waals surface area contributed by atoms with E-state index in [-0.39, 0.29) is 25.1 Å². The van der Waals surface area contributed by atoms with Crippen LogP contribution in [0.5, 0.6) is 0 Å². The summed E-state index contributed by atoms with van der Waals surface area (Å²) in [5.41, 5.74) is 0.358. The fraction of sp³-hybridized carbons (Fsp3) is 0.591. The van der Waals surface area contributed by atoms with Crippen LogP contribution >= 0.6 is 23.2 Å². The Kier molecular flexibility index (Phi) is 7.95. The second-order valence-corrected chi connectivity index (χ2v) is 10.2. The second-order valence-electron chi connectivity index (χ2n) is 9.11. The summed E-state index contributed by atoms with van der Waals surface area (Å²) in [5.74, 6) is -1.04. The lowest BCUT2D eigenvalue weighted by Crippen LogP contribution is -2.41. The number of carbonyl (C=O) groups is 3. The molecule has 2 aliphatic rings. The number of anilines is 1. The van der Waals surface area contributed by atoms with Gasteiger partial charge < -0.3 is 19.7 Å². The molecule has 2 fully saturated rings. The average molecular weight is 504 g/mol. The summed E-state index contributed by atoms with van der Waals surface area (Å²) >= 11 is 11.0. The van der Waals surface area contributed by atoms with Crippen molar-refractivity contribution in [1.82, 2.24) is 10.2 Å². The monoisotopic (exact) mass is 503 g/mol. The van der Waals surface area contributed by atoms with Gasteiger partial charge in [0.15, 0.2) is 4.84 Å². The van der Waals surface area contributed by atoms with Crippen molar-refractivity contribution in [2.45, 2.75) is 56.1 Å². The highest BCUT2D eigenvalue weighted by atomic mass is 35.5. The second kappa shape index (κ2) is 10.3. The van der Waals surface area contributed by atoms with E-state index in [4.69, 9.17) is 32.7 Å². The largest absolute Gasteiger partial charge is 0.444 e. The van der Waals surface area contributed by atoms with Gasteiger partial charge in [0.2, 0.25) is 0 Å². The highest BCUT2D eigenvalue weighted by Crippen LogP contribution is 2.33. The number of benzene rings is 1. The van der Waals surface area contributed by atoms with E-state index in [1.807, 2.05) is 20.8 Å². The summed E-state index contributed by atoms with van der Waals surface area (Å²) in [5, 5.41) is 2.49. The third kappa shape index (κ3) is 6.63. The molecule has 8 nitrogen and oxygen atoms in total. The van der Waals surface area contributed by atoms with Crippen molar-refractivity contribution in [3.05, 3.63) is 29.6 Å². The summed E-state index contributed by atoms with van der Waals surface area (Å²) in [6.45, 7) is 6.62. The standard InChI is InChI=1S/C22H28Cl2FN3O5/c1-22(2,3)33-20(30)27-8-6-13(7-9-27)16-5-4-14(10-17(16)25)28-12-15(32-21(28)31)11-26-19(29)18(23)24/h4-5,10,13,15,18H,6-9,11-12H2,1-3H3,(H,26,29). The molecular formula is C22H28Cl2FN3O5. The molecule has 1 unspecified atom stereocenters. The van der Waals surface area contributed by atoms with Crippen molar-refractivity contribution in [3.8, 4) is 0 Å². The zero-order valence-corrected chi connectivity index (χ0v) is 20.3. The molecule has 0 saturated carbocycles. The molecule has 1 N–H and O–H groups in total. The number of rotatable bonds is 5. The number of amides is 3. The SMILES string of the molecule is CC(C)(C)OC(=O)N1CCC(c2ccc(N3CC(CNC(=O)C(Cl)Cl)OC3=O)cc2F)CC1. The fourth-order valence-corrected chi connectivity index (χ4v) is 4.00. The topological polar surface area (TPSA) is 88.2 Å². The Morgan fingerprint density at radius 3 is 2.52 bits per heavy atom. The summed E-state index contributed by atoms with van der Waals surface area (Å²) < 4.78 is 25.6. The first-order valence-corrected chi connectivity index (χ1v) is 11.6. The minimum atomic E-state index is -1.21. The third-order valence-corrected chi connectivity index (χ3v) is 5.85. The van der Waals surface area contributed by atoms with Crippen molar-refractivity contribution in [2.24, 2.45) is 0 Å². The Morgan fingerprint density at radius 1 is 1.27 bits per heavy atom. The van der Waals surface area contributed by atoms with Gasteiger partial charge in [-0.3, -0.25) is 9.69 Å². The van der Waals surface area contributed by atoms with Crippen LogP contribution in [-0.4, -0.2) is 65.7 Å². The van der Waals surface area contributed by atoms with E-state index in [9.17, 15) is 18.8 Å². The number of nitrogens with one attached hydrogen (secondary N) is 1. The van der Waals surface area contributed by atoms with Crippen LogP contribution in [0.1, 0.15) is 45.1 Å². The summed E-state index contributed by atoms with van der Waals surface area (Å²) in [6, 6.07) is 4.66. The molecule has 2 aliphatic heterocycles. The number of carbonyl (C=O) groups excluding carboxylic acids is 3. The first kappa shape index (κ1) is 25.4. The number of hydrogen-bond donors (Lipinski definition) is 1. The molecule has 3 rings (SSSR count). The highest BCUT2D eigenvalue weighted by molar-refractivity contribution is 6.53. The fourth-order valence-electron chi connectivity index (χ4n) is 3.84. The van der Waals surface area contributed by atoms with Gasteiger partial charge in [-0.15, -0.1) is 0 Å². The van der Waals surface area contributed by atoms with E-state index in [0.29, 0.717) is 37.2 Å². The zero-order valence-electron chi connectivity index (χ0n) is 18.8. The Labute approximate surface area is 202 Å². The predicted molar refractivity (Wildman–Crippen MR) is 122 cm³/mol. The highest BCUT2D eigenvalue weighted by Gasteiger charge is 2.34. The first-order valence-electron chi connectivity index (χ1n) is 10.8. The van der Waals surface area contributed by atoms with Crippen LogP contribution < -0.4 is 10.2 Å². The molecule has 1 aromatic rings. The number of alkyl halides is 2. The number of halogens is 3. The molecule has 1 atom stereocenters. The van der Waals surface area contributed by atoms with Gasteiger partial charge in [-0.05, 0) is 57.2 Å². The molecule has 0 spiro atoms. The normalized spacial score (nSPS) is 19.6. The summed E-state index contributed by atoms with van der Waals surface area (Å²) in [7, 11) is 0. The van der Waals surface area contributed by atoms with E-state index in [1.54, 1.807) is 17.0 Å². The third-order valence-electron chi connectivity index (χ3n) is 5.46. The van der Waals surface area contributed by atoms with Crippen LogP contribution in [0, 0.1) is 5.82 Å². The number of nitrogens with zero attached hydrogens (tertiary/aromatic N) is 2. The van der Waals surface area contributed by atoms with Gasteiger partial charge in [0.1, 0.15) is 17.5 Å². The molecule has 2 saturated heterocycles. The predicted octanol–water partition coefficient (Wildman–Crippen LogP) is 4.19. The molecule has 0 aliphatic carbocycles. The van der Waals surface area contributed by atoms with Crippen molar-refractivity contribution < 1.29 is 28.2 Å². The van der Waals surface area contributed by atoms with E-state index in [0.717, 1.165) is 0 Å². The van der Waals surface area contributed by atoms with Crippen LogP contribution in [0.25, 0.3) is 0 Å². The zero-order chi connectivity index (χ0) is 24.3. The van der Waals surface area contributed by atoms with Crippen molar-refractivity contribution >= 4 is 47.0 Å². The average Bonchev–Trinajstić information content (AvgIpc) is 3.11. The van der Waals surface area contributed by atoms with E-state index in [1.165, 1.54) is 11.0 Å². The lowest BCUT2D eigenvalue weighted by molar-refractivity contribution is -0.119. The molecule has 0 aromatic heterocycles. The van der Waals surface area contributed by atoms with Crippen LogP contribution in [0.3, 0.4) is 0 Å². The van der Waals surface area contributed by atoms with Gasteiger partial charge in [-0.25, -0.2) is 14.0 Å². The molecule has 2 heterocycles. The number of cyclic esters (lactones) is 1. The maximum absolute atomic E-state index is 15.0. The summed E-state index contributed by atoms with van der Waals surface area (Å²) in [4.78, 5) is 37.7. The van der Waals surface area contributed by atoms with E-state index >= 15 is 0 Å². The maximum Gasteiger partial charge on any atom is 0.414 e. The number of hydrogen-bond acceptors (Lipinski definition) is 5. The molecule has 1 aromatic carbocycles. The van der Waals surface area contributed by atoms with Gasteiger partial charge in [0, 0.05) is 13.1 Å². The molecule has 3 amide bonds. The lowest BCUT2D eigenvalue weighted by Gasteiger charge is -2.33. The van der Waals surface area contributed by atoms with Crippen molar-refractivity contribution in [2.75, 3.05) is 31.1 Å². The van der Waals surface area contributed by atoms with Gasteiger partial charge in [-0.2, -0.15) is 0 Å². The maximum atomic E-state index is 15.0. The van der Waals surface area contributed by atoms with E-state index in [2.05, 4.69) is 5.32 Å². The van der Waals surface area contributed by atoms with Gasteiger partial charge in [-0.1, -0.05) is 29.3 Å². The van der Waals surface area contributed by atoms with Crippen LogP contribution in [0.15, 0.2) is 18.2 Å². The number of ether oxygens (including phenoxy) is 2. The van der Waals surface area contributed by atoms with Gasteiger partial charge in [0.05, 0.1) is 18.8 Å². The quantitative estimate of drug-likeness (QED) is 0.608. The molecule has 0 radical (unpaired) electrons. The molecule has 11 heteroatoms. The minimum Gasteiger partial charge on any atom is -0.444 e. The van der Waals surface area contributed by atoms with Gasteiger partial charge >= 0.3 is 12.2 Å². The van der Waals surface area contributed by atoms with Crippen LogP contribution in [0.2, 0.25) is 0 Å². The van der Waals surface area contributed by atoms with E-state index < -0.39 is 34.4 Å². The minimum absolute atomic E-state index is 0.0368. The van der Waals surface area contributed by atoms with Crippen molar-refractivity contribution in [1.29, 1.82) is 0 Å². The summed E-state index contributed by atoms with van der Waals surface area (Å²) in [6.07, 6.45) is -0.354. The number of piperidine rings is 1. The number of likely N-dealkylation sites (tertiary alicyclic amines) is 1. The Hall–Kier alpha value is -2.26. The van der Waals surface area contributed by atoms with Gasteiger partial charge in [0.25, 0.3) is 5.91 Å². The molecule has 33 heavy (non-hydrogen) atoms. The van der Waals surface area contributed by atoms with Crippen molar-refractivity contribution in [3.63, 3.8) is 0 Å². The Bertz CT molecular complexity index is 901. The molecule has 182 valence electrons. The lowest BCUT2D eigenvalue weighted by atomic mass is 9.89. The van der Waals surface area contributed by atoms with Crippen LogP contribution in [-0.2, 0) is 14.3 Å². The Balaban J connectivity index is 1.58. The first-order chi connectivity index (χ1) is 15.4. The molecular weight excluding hydrogens is 476 g/mol. The smallest absolute Gasteiger partial charge is 0.414 e. The van der Waals surface area contributed by atoms with Crippen LogP contribution in [0.4, 0.5) is 19.7 Å². The molecule has 0 bridgehead atoms.